The zero-order valence-electron chi connectivity index (χ0n) is 9.94. The summed E-state index contributed by atoms with van der Waals surface area (Å²) in [5.74, 6) is 0.895. The number of rotatable bonds is 4. The molecule has 2 aromatic rings. The summed E-state index contributed by atoms with van der Waals surface area (Å²) in [5.41, 5.74) is 8.91. The number of benzene rings is 2. The smallest absolute Gasteiger partial charge is 0.127 e. The van der Waals surface area contributed by atoms with Crippen molar-refractivity contribution in [2.45, 2.75) is 13.5 Å². The second-order valence-corrected chi connectivity index (χ2v) is 3.76. The molecule has 0 spiro atoms. The summed E-state index contributed by atoms with van der Waals surface area (Å²) in [7, 11) is 0. The first-order chi connectivity index (χ1) is 8.35. The second-order valence-electron chi connectivity index (χ2n) is 3.76. The van der Waals surface area contributed by atoms with Gasteiger partial charge < -0.3 is 10.5 Å². The Labute approximate surface area is 102 Å². The third kappa shape index (κ3) is 2.66. The predicted molar refractivity (Wildman–Crippen MR) is 69.8 cm³/mol. The van der Waals surface area contributed by atoms with E-state index in [9.17, 15) is 0 Å². The zero-order chi connectivity index (χ0) is 12.1. The minimum Gasteiger partial charge on any atom is -0.493 e. The molecule has 17 heavy (non-hydrogen) atoms. The maximum atomic E-state index is 5.60. The number of ether oxygens (including phenoxy) is 1. The maximum absolute atomic E-state index is 5.60. The van der Waals surface area contributed by atoms with Gasteiger partial charge in [-0.05, 0) is 36.2 Å². The molecule has 0 heterocycles. The first kappa shape index (κ1) is 11.7. The molecule has 0 aliphatic carbocycles. The van der Waals surface area contributed by atoms with Gasteiger partial charge >= 0.3 is 0 Å². The summed E-state index contributed by atoms with van der Waals surface area (Å²) in [5, 5.41) is 0. The largest absolute Gasteiger partial charge is 0.493 e. The minimum absolute atomic E-state index is 0.569. The van der Waals surface area contributed by atoms with Gasteiger partial charge in [-0.1, -0.05) is 30.3 Å². The van der Waals surface area contributed by atoms with E-state index in [0.717, 1.165) is 22.4 Å². The average molecular weight is 226 g/mol. The summed E-state index contributed by atoms with van der Waals surface area (Å²) >= 11 is 0. The number of hydrogen-bond donors (Lipinski definition) is 1. The lowest BCUT2D eigenvalue weighted by Gasteiger charge is -2.10. The highest BCUT2D eigenvalue weighted by molar-refractivity contribution is 5.70. The Bertz CT molecular complexity index is 477. The normalized spacial score (nSPS) is 10.2. The average Bonchev–Trinajstić information content (AvgIpc) is 2.40. The van der Waals surface area contributed by atoms with E-state index in [0.29, 0.717) is 13.2 Å². The monoisotopic (exact) mass is 226 g/mol. The van der Waals surface area contributed by atoms with Crippen LogP contribution in [0.5, 0.6) is 5.75 Å². The third-order valence-corrected chi connectivity index (χ3v) is 2.62. The summed E-state index contributed by atoms with van der Waals surface area (Å²) in [6.07, 6.45) is 0. The fourth-order valence-corrected chi connectivity index (χ4v) is 1.74. The highest BCUT2D eigenvalue weighted by atomic mass is 16.5. The van der Waals surface area contributed by atoms with Gasteiger partial charge in [0, 0.05) is 12.1 Å². The topological polar surface area (TPSA) is 35.2 Å². The van der Waals surface area contributed by atoms with Crippen molar-refractivity contribution >= 4 is 0 Å². The lowest BCUT2D eigenvalue weighted by molar-refractivity contribution is 0.341. The van der Waals surface area contributed by atoms with Crippen LogP contribution in [0.1, 0.15) is 12.5 Å². The van der Waals surface area contributed by atoms with Gasteiger partial charge in [-0.15, -0.1) is 0 Å². The van der Waals surface area contributed by atoms with E-state index < -0.39 is 0 Å². The minimum atomic E-state index is 0.569. The fraction of sp³-hybridized carbons (Fsp3) is 0.200. The Balaban J connectivity index is 2.37. The first-order valence-electron chi connectivity index (χ1n) is 5.77. The van der Waals surface area contributed by atoms with Crippen molar-refractivity contribution in [2.24, 2.45) is 5.73 Å². The summed E-state index contributed by atoms with van der Waals surface area (Å²) < 4.78 is 5.60. The van der Waals surface area contributed by atoms with Gasteiger partial charge in [0.15, 0.2) is 0 Å². The van der Waals surface area contributed by atoms with Gasteiger partial charge in [0.25, 0.3) is 0 Å². The van der Waals surface area contributed by atoms with E-state index in [2.05, 4.69) is 18.2 Å². The van der Waals surface area contributed by atoms with Crippen LogP contribution in [0.3, 0.4) is 0 Å². The van der Waals surface area contributed by atoms with Gasteiger partial charge in [-0.3, -0.25) is 0 Å². The van der Waals surface area contributed by atoms with Crippen LogP contribution in [0.15, 0.2) is 42.5 Å². The van der Waals surface area contributed by atoms with Crippen molar-refractivity contribution in [2.75, 3.05) is 6.61 Å². The lowest BCUT2D eigenvalue weighted by Crippen LogP contribution is -1.96. The molecule has 2 rings (SSSR count). The Hall–Kier alpha value is -1.80. The highest BCUT2D eigenvalue weighted by Gasteiger charge is 2.04. The predicted octanol–water partition coefficient (Wildman–Crippen LogP) is 3.01. The molecule has 0 atom stereocenters. The molecule has 0 amide bonds. The molecule has 0 bridgehead atoms. The van der Waals surface area contributed by atoms with Crippen molar-refractivity contribution in [3.05, 3.63) is 54.1 Å². The molecule has 2 heteroatoms. The van der Waals surface area contributed by atoms with Crippen LogP contribution in [0, 0.1) is 6.07 Å². The molecule has 0 saturated carbocycles. The van der Waals surface area contributed by atoms with Crippen LogP contribution >= 0.6 is 0 Å². The Kier molecular flexibility index (Phi) is 3.78. The van der Waals surface area contributed by atoms with E-state index in [1.54, 1.807) is 0 Å². The first-order valence-corrected chi connectivity index (χ1v) is 5.77. The second kappa shape index (κ2) is 5.51. The molecule has 87 valence electrons. The molecule has 2 aromatic carbocycles. The van der Waals surface area contributed by atoms with Crippen molar-refractivity contribution in [1.29, 1.82) is 0 Å². The Morgan fingerprint density at radius 1 is 1.18 bits per heavy atom. The molecule has 0 aromatic heterocycles. The van der Waals surface area contributed by atoms with Crippen LogP contribution in [-0.2, 0) is 6.54 Å². The number of nitrogens with two attached hydrogens (primary N) is 1. The van der Waals surface area contributed by atoms with E-state index >= 15 is 0 Å². The zero-order valence-corrected chi connectivity index (χ0v) is 9.94. The van der Waals surface area contributed by atoms with Crippen LogP contribution in [0.25, 0.3) is 11.1 Å². The number of hydrogen-bond acceptors (Lipinski definition) is 2. The molecular weight excluding hydrogens is 210 g/mol. The van der Waals surface area contributed by atoms with E-state index in [1.165, 1.54) is 0 Å². The van der Waals surface area contributed by atoms with Gasteiger partial charge in [-0.2, -0.15) is 0 Å². The molecule has 0 aliphatic rings. The molecule has 0 saturated heterocycles. The lowest BCUT2D eigenvalue weighted by atomic mass is 10.0. The van der Waals surface area contributed by atoms with Crippen molar-refractivity contribution in [3.8, 4) is 16.9 Å². The summed E-state index contributed by atoms with van der Waals surface area (Å²) in [4.78, 5) is 0. The van der Waals surface area contributed by atoms with Crippen molar-refractivity contribution in [3.63, 3.8) is 0 Å². The molecular formula is C15H16NO. The van der Waals surface area contributed by atoms with Gasteiger partial charge in [0.2, 0.25) is 0 Å². The van der Waals surface area contributed by atoms with E-state index in [4.69, 9.17) is 10.5 Å². The third-order valence-electron chi connectivity index (χ3n) is 2.62. The molecule has 0 aliphatic heterocycles. The Morgan fingerprint density at radius 2 is 1.94 bits per heavy atom. The molecule has 1 radical (unpaired) electrons. The quantitative estimate of drug-likeness (QED) is 0.869. The van der Waals surface area contributed by atoms with Crippen LogP contribution < -0.4 is 10.5 Å². The van der Waals surface area contributed by atoms with Crippen LogP contribution in [-0.4, -0.2) is 6.61 Å². The van der Waals surface area contributed by atoms with E-state index in [-0.39, 0.29) is 0 Å². The highest BCUT2D eigenvalue weighted by Crippen LogP contribution is 2.29. The Morgan fingerprint density at radius 3 is 2.59 bits per heavy atom. The summed E-state index contributed by atoms with van der Waals surface area (Å²) in [6, 6.07) is 17.0. The van der Waals surface area contributed by atoms with Crippen LogP contribution in [0.2, 0.25) is 0 Å². The maximum Gasteiger partial charge on any atom is 0.127 e. The SMILES string of the molecule is CCOc1cc[c]cc1-c1ccc(CN)cc1. The standard InChI is InChI=1S/C15H16NO/c1-2-17-15-6-4-3-5-14(15)13-9-7-12(11-16)8-10-13/h4-10H,2,11,16H2,1H3. The molecule has 0 fully saturated rings. The summed E-state index contributed by atoms with van der Waals surface area (Å²) in [6.45, 7) is 3.22. The molecule has 2 nitrogen and oxygen atoms in total. The van der Waals surface area contributed by atoms with Crippen molar-refractivity contribution < 1.29 is 4.74 Å². The fourth-order valence-electron chi connectivity index (χ4n) is 1.74. The molecule has 2 N–H and O–H groups in total. The van der Waals surface area contributed by atoms with Crippen LogP contribution in [0.4, 0.5) is 0 Å². The van der Waals surface area contributed by atoms with Gasteiger partial charge in [0.1, 0.15) is 5.75 Å². The molecule has 0 unspecified atom stereocenters. The van der Waals surface area contributed by atoms with Gasteiger partial charge in [-0.25, -0.2) is 0 Å². The van der Waals surface area contributed by atoms with E-state index in [1.807, 2.05) is 37.3 Å². The van der Waals surface area contributed by atoms with Gasteiger partial charge in [0.05, 0.1) is 6.61 Å². The van der Waals surface area contributed by atoms with Crippen molar-refractivity contribution in [1.82, 2.24) is 0 Å².